The zero-order valence-corrected chi connectivity index (χ0v) is 10.1. The van der Waals surface area contributed by atoms with Crippen LogP contribution in [0.3, 0.4) is 0 Å². The second-order valence-corrected chi connectivity index (χ2v) is 3.85. The number of nitrogens with one attached hydrogen (secondary N) is 1. The molecule has 0 aliphatic carbocycles. The van der Waals surface area contributed by atoms with E-state index in [2.05, 4.69) is 0 Å². The van der Waals surface area contributed by atoms with E-state index >= 15 is 0 Å². The number of aliphatic hydroxyl groups excluding tert-OH is 1. The Morgan fingerprint density at radius 1 is 1.45 bits per heavy atom. The van der Waals surface area contributed by atoms with Crippen molar-refractivity contribution in [3.63, 3.8) is 0 Å². The number of alkyl halides is 4. The van der Waals surface area contributed by atoms with Crippen LogP contribution in [-0.4, -0.2) is 40.2 Å². The maximum Gasteiger partial charge on any atom is 0.330 e. The number of aromatic amines is 1. The van der Waals surface area contributed by atoms with E-state index in [1.54, 1.807) is 0 Å². The van der Waals surface area contributed by atoms with Gasteiger partial charge in [-0.25, -0.2) is 22.4 Å². The van der Waals surface area contributed by atoms with Gasteiger partial charge in [0.1, 0.15) is 12.3 Å². The molecule has 1 fully saturated rings. The molecule has 1 aromatic rings. The number of hydrogen-bond acceptors (Lipinski definition) is 4. The molecule has 2 rings (SSSR count). The van der Waals surface area contributed by atoms with Gasteiger partial charge in [-0.05, 0) is 0 Å². The first kappa shape index (κ1) is 16.4. The lowest BCUT2D eigenvalue weighted by molar-refractivity contribution is -0.102. The minimum atomic E-state index is -3.20. The molecule has 0 radical (unpaired) electrons. The van der Waals surface area contributed by atoms with Gasteiger partial charge in [-0.3, -0.25) is 14.3 Å². The minimum Gasteiger partial charge on any atom is -0.393 e. The summed E-state index contributed by atoms with van der Waals surface area (Å²) < 4.78 is 51.6. The molecule has 0 amide bonds. The van der Waals surface area contributed by atoms with E-state index < -0.39 is 49.5 Å². The van der Waals surface area contributed by atoms with Crippen LogP contribution in [0.4, 0.5) is 17.6 Å². The molecule has 2 unspecified atom stereocenters. The van der Waals surface area contributed by atoms with E-state index in [1.165, 1.54) is 0 Å². The van der Waals surface area contributed by atoms with Crippen molar-refractivity contribution in [2.75, 3.05) is 13.5 Å². The van der Waals surface area contributed by atoms with Crippen LogP contribution in [0, 0.1) is 0 Å². The molecular formula is C10H12F4N2O4. The predicted molar refractivity (Wildman–Crippen MR) is 59.0 cm³/mol. The van der Waals surface area contributed by atoms with E-state index in [0.29, 0.717) is 0 Å². The van der Waals surface area contributed by atoms with Crippen LogP contribution in [0.2, 0.25) is 0 Å². The number of hydrogen-bond donors (Lipinski definition) is 2. The molecule has 0 aromatic carbocycles. The summed E-state index contributed by atoms with van der Waals surface area (Å²) in [5, 5.41) is 8.73. The largest absolute Gasteiger partial charge is 0.393 e. The van der Waals surface area contributed by atoms with E-state index in [1.807, 2.05) is 4.98 Å². The van der Waals surface area contributed by atoms with Gasteiger partial charge in [0, 0.05) is 12.3 Å². The highest BCUT2D eigenvalue weighted by Crippen LogP contribution is 2.39. The van der Waals surface area contributed by atoms with Crippen LogP contribution in [-0.2, 0) is 4.74 Å². The predicted octanol–water partition coefficient (Wildman–Crippen LogP) is 0.335. The third-order valence-electron chi connectivity index (χ3n) is 2.57. The second kappa shape index (κ2) is 6.66. The zero-order chi connectivity index (χ0) is 15.3. The van der Waals surface area contributed by atoms with Gasteiger partial charge in [-0.1, -0.05) is 0 Å². The SMILES string of the molecule is FCF.O=c1ccn(C2CC(F)(F)C(CO)O2)c(=O)[nH]1. The number of halogens is 4. The fourth-order valence-corrected chi connectivity index (χ4v) is 1.70. The summed E-state index contributed by atoms with van der Waals surface area (Å²) in [6, 6.07) is 1.04. The van der Waals surface area contributed by atoms with E-state index in [9.17, 15) is 27.2 Å². The number of rotatable bonds is 2. The molecule has 6 nitrogen and oxygen atoms in total. The van der Waals surface area contributed by atoms with Gasteiger partial charge in [0.15, 0.2) is 0 Å². The van der Waals surface area contributed by atoms with E-state index in [-0.39, 0.29) is 0 Å². The molecule has 0 spiro atoms. The topological polar surface area (TPSA) is 84.3 Å². The molecule has 1 saturated heterocycles. The lowest BCUT2D eigenvalue weighted by Gasteiger charge is -2.14. The van der Waals surface area contributed by atoms with Crippen molar-refractivity contribution in [2.45, 2.75) is 24.7 Å². The highest BCUT2D eigenvalue weighted by Gasteiger charge is 2.50. The average Bonchev–Trinajstić information content (AvgIpc) is 2.65. The minimum absolute atomic E-state index is 0.616. The average molecular weight is 300 g/mol. The van der Waals surface area contributed by atoms with Gasteiger partial charge >= 0.3 is 5.69 Å². The number of nitrogens with zero attached hydrogens (tertiary/aromatic N) is 1. The number of ether oxygens (including phenoxy) is 1. The summed E-state index contributed by atoms with van der Waals surface area (Å²) in [4.78, 5) is 24.1. The molecule has 2 N–H and O–H groups in total. The van der Waals surface area contributed by atoms with Crippen LogP contribution in [0.25, 0.3) is 0 Å². The van der Waals surface area contributed by atoms with Crippen LogP contribution < -0.4 is 11.2 Å². The molecule has 1 aliphatic rings. The van der Waals surface area contributed by atoms with Crippen molar-refractivity contribution in [1.29, 1.82) is 0 Å². The second-order valence-electron chi connectivity index (χ2n) is 3.85. The molecule has 2 atom stereocenters. The standard InChI is InChI=1S/C9H10F2N2O4.CH2F2/c10-9(11)3-7(17-5(9)4-14)13-2-1-6(15)12-8(13)16;2-1-3/h1-2,5,7,14H,3-4H2,(H,12,15,16);1H2. The van der Waals surface area contributed by atoms with Crippen molar-refractivity contribution in [3.05, 3.63) is 33.1 Å². The Bertz CT molecular complexity index is 545. The fourth-order valence-electron chi connectivity index (χ4n) is 1.70. The Labute approximate surface area is 109 Å². The first-order chi connectivity index (χ1) is 9.35. The lowest BCUT2D eigenvalue weighted by atomic mass is 10.2. The molecule has 0 bridgehead atoms. The monoisotopic (exact) mass is 300 g/mol. The quantitative estimate of drug-likeness (QED) is 0.771. The van der Waals surface area contributed by atoms with Crippen molar-refractivity contribution in [3.8, 4) is 0 Å². The molecule has 2 heterocycles. The zero-order valence-electron chi connectivity index (χ0n) is 10.1. The fraction of sp³-hybridized carbons (Fsp3) is 0.600. The van der Waals surface area contributed by atoms with Gasteiger partial charge in [0.2, 0.25) is 6.93 Å². The van der Waals surface area contributed by atoms with Crippen molar-refractivity contribution in [1.82, 2.24) is 9.55 Å². The summed E-state index contributed by atoms with van der Waals surface area (Å²) in [5.74, 6) is -3.20. The normalized spacial score (nSPS) is 24.1. The molecule has 1 aromatic heterocycles. The van der Waals surface area contributed by atoms with Gasteiger partial charge in [-0.2, -0.15) is 0 Å². The Balaban J connectivity index is 0.000000612. The first-order valence-electron chi connectivity index (χ1n) is 5.43. The Morgan fingerprint density at radius 3 is 2.50 bits per heavy atom. The molecule has 10 heteroatoms. The summed E-state index contributed by atoms with van der Waals surface area (Å²) in [5.41, 5.74) is -1.44. The molecule has 114 valence electrons. The van der Waals surface area contributed by atoms with Crippen LogP contribution in [0.5, 0.6) is 0 Å². The molecular weight excluding hydrogens is 288 g/mol. The Hall–Kier alpha value is -1.68. The third kappa shape index (κ3) is 3.67. The number of H-pyrrole nitrogens is 1. The van der Waals surface area contributed by atoms with Crippen molar-refractivity contribution in [2.24, 2.45) is 0 Å². The van der Waals surface area contributed by atoms with E-state index in [4.69, 9.17) is 9.84 Å². The number of aromatic nitrogens is 2. The lowest BCUT2D eigenvalue weighted by Crippen LogP contribution is -2.31. The smallest absolute Gasteiger partial charge is 0.330 e. The highest BCUT2D eigenvalue weighted by molar-refractivity contribution is 4.91. The maximum absolute atomic E-state index is 13.3. The molecule has 0 saturated carbocycles. The van der Waals surface area contributed by atoms with Crippen LogP contribution >= 0.6 is 0 Å². The Morgan fingerprint density at radius 2 is 2.05 bits per heavy atom. The molecule has 20 heavy (non-hydrogen) atoms. The van der Waals surface area contributed by atoms with E-state index in [0.717, 1.165) is 16.8 Å². The maximum atomic E-state index is 13.3. The van der Waals surface area contributed by atoms with Gasteiger partial charge < -0.3 is 9.84 Å². The first-order valence-corrected chi connectivity index (χ1v) is 5.43. The highest BCUT2D eigenvalue weighted by atomic mass is 19.3. The molecule has 1 aliphatic heterocycles. The summed E-state index contributed by atoms with van der Waals surface area (Å²) in [7, 11) is 0. The van der Waals surface area contributed by atoms with Crippen LogP contribution in [0.1, 0.15) is 12.6 Å². The summed E-state index contributed by atoms with van der Waals surface area (Å²) in [6.45, 7) is -2.58. The summed E-state index contributed by atoms with van der Waals surface area (Å²) in [6.07, 6.45) is -2.45. The van der Waals surface area contributed by atoms with Crippen molar-refractivity contribution >= 4 is 0 Å². The van der Waals surface area contributed by atoms with Gasteiger partial charge in [0.25, 0.3) is 11.5 Å². The number of aliphatic hydroxyl groups is 1. The summed E-state index contributed by atoms with van der Waals surface area (Å²) >= 11 is 0. The third-order valence-corrected chi connectivity index (χ3v) is 2.57. The Kier molecular flexibility index (Phi) is 5.45. The van der Waals surface area contributed by atoms with Gasteiger partial charge in [-0.15, -0.1) is 0 Å². The van der Waals surface area contributed by atoms with Crippen LogP contribution in [0.15, 0.2) is 21.9 Å². The van der Waals surface area contributed by atoms with Crippen molar-refractivity contribution < 1.29 is 27.4 Å². The van der Waals surface area contributed by atoms with Gasteiger partial charge in [0.05, 0.1) is 13.0 Å².